The van der Waals surface area contributed by atoms with Gasteiger partial charge in [0.25, 0.3) is 15.9 Å². The highest BCUT2D eigenvalue weighted by molar-refractivity contribution is 7.92. The summed E-state index contributed by atoms with van der Waals surface area (Å²) in [6.07, 6.45) is 0. The number of nitrogens with zero attached hydrogens (tertiary/aromatic N) is 1. The smallest absolute Gasteiger partial charge is 0.336 e. The highest BCUT2D eigenvalue weighted by atomic mass is 32.2. The number of hydrogen-bond acceptors (Lipinski definition) is 6. The predicted molar refractivity (Wildman–Crippen MR) is 125 cm³/mol. The van der Waals surface area contributed by atoms with E-state index in [0.29, 0.717) is 28.1 Å². The van der Waals surface area contributed by atoms with Gasteiger partial charge < -0.3 is 14.5 Å². The van der Waals surface area contributed by atoms with E-state index in [1.54, 1.807) is 48.5 Å². The summed E-state index contributed by atoms with van der Waals surface area (Å²) in [6, 6.07) is 20.2. The topological polar surface area (TPSA) is 106 Å². The monoisotopic (exact) mass is 464 g/mol. The lowest BCUT2D eigenvalue weighted by Gasteiger charge is -2.21. The number of benzene rings is 3. The summed E-state index contributed by atoms with van der Waals surface area (Å²) in [5.74, 6) is 0.0167. The van der Waals surface area contributed by atoms with Crippen LogP contribution in [0.15, 0.2) is 93.0 Å². The van der Waals surface area contributed by atoms with E-state index in [1.807, 2.05) is 0 Å². The minimum atomic E-state index is -3.87. The van der Waals surface area contributed by atoms with Crippen molar-refractivity contribution < 1.29 is 22.4 Å². The van der Waals surface area contributed by atoms with Crippen LogP contribution in [0.5, 0.6) is 5.75 Å². The zero-order chi connectivity index (χ0) is 23.6. The number of methoxy groups -OCH3 is 1. The van der Waals surface area contributed by atoms with Gasteiger partial charge in [-0.05, 0) is 60.7 Å². The number of amides is 1. The van der Waals surface area contributed by atoms with Gasteiger partial charge in [-0.25, -0.2) is 13.2 Å². The third kappa shape index (κ3) is 4.44. The molecule has 0 unspecified atom stereocenters. The molecule has 0 aliphatic rings. The fourth-order valence-electron chi connectivity index (χ4n) is 3.31. The van der Waals surface area contributed by atoms with Gasteiger partial charge in [0.05, 0.1) is 17.7 Å². The molecule has 0 bridgehead atoms. The molecular formula is C24H20N2O6S. The summed E-state index contributed by atoms with van der Waals surface area (Å²) in [7, 11) is -0.958. The summed E-state index contributed by atoms with van der Waals surface area (Å²) in [5.41, 5.74) is 1.15. The second-order valence-electron chi connectivity index (χ2n) is 7.13. The molecule has 0 aliphatic carbocycles. The molecule has 168 valence electrons. The maximum atomic E-state index is 13.1. The first-order valence-electron chi connectivity index (χ1n) is 9.87. The average Bonchev–Trinajstić information content (AvgIpc) is 2.83. The van der Waals surface area contributed by atoms with E-state index in [9.17, 15) is 18.0 Å². The van der Waals surface area contributed by atoms with Crippen molar-refractivity contribution in [3.63, 3.8) is 0 Å². The number of rotatable bonds is 6. The van der Waals surface area contributed by atoms with Gasteiger partial charge in [-0.2, -0.15) is 0 Å². The molecular weight excluding hydrogens is 444 g/mol. The Morgan fingerprint density at radius 2 is 1.70 bits per heavy atom. The van der Waals surface area contributed by atoms with E-state index < -0.39 is 21.6 Å². The minimum Gasteiger partial charge on any atom is -0.495 e. The Morgan fingerprint density at radius 1 is 0.970 bits per heavy atom. The first kappa shape index (κ1) is 22.1. The quantitative estimate of drug-likeness (QED) is 0.434. The summed E-state index contributed by atoms with van der Waals surface area (Å²) >= 11 is 0. The summed E-state index contributed by atoms with van der Waals surface area (Å²) < 4.78 is 37.6. The van der Waals surface area contributed by atoms with E-state index in [2.05, 4.69) is 5.32 Å². The van der Waals surface area contributed by atoms with Gasteiger partial charge in [0, 0.05) is 29.8 Å². The van der Waals surface area contributed by atoms with Gasteiger partial charge in [-0.3, -0.25) is 9.10 Å². The maximum absolute atomic E-state index is 13.1. The second-order valence-corrected chi connectivity index (χ2v) is 9.10. The summed E-state index contributed by atoms with van der Waals surface area (Å²) in [4.78, 5) is 24.0. The minimum absolute atomic E-state index is 0.0354. The molecule has 33 heavy (non-hydrogen) atoms. The highest BCUT2D eigenvalue weighted by Gasteiger charge is 2.24. The molecule has 0 fully saturated rings. The second kappa shape index (κ2) is 8.79. The fraction of sp³-hybridized carbons (Fsp3) is 0.0833. The van der Waals surface area contributed by atoms with Crippen LogP contribution >= 0.6 is 0 Å². The zero-order valence-corrected chi connectivity index (χ0v) is 18.6. The first-order valence-corrected chi connectivity index (χ1v) is 11.3. The number of carbonyl (C=O) groups is 1. The van der Waals surface area contributed by atoms with Crippen LogP contribution < -0.4 is 20.0 Å². The molecule has 1 N–H and O–H groups in total. The molecule has 3 aromatic carbocycles. The molecule has 4 aromatic rings. The van der Waals surface area contributed by atoms with Crippen molar-refractivity contribution in [1.82, 2.24) is 0 Å². The predicted octanol–water partition coefficient (Wildman–Crippen LogP) is 3.88. The highest BCUT2D eigenvalue weighted by Crippen LogP contribution is 2.31. The van der Waals surface area contributed by atoms with Crippen molar-refractivity contribution in [2.24, 2.45) is 0 Å². The largest absolute Gasteiger partial charge is 0.495 e. The lowest BCUT2D eigenvalue weighted by atomic mass is 10.2. The molecule has 8 nitrogen and oxygen atoms in total. The van der Waals surface area contributed by atoms with Gasteiger partial charge in [-0.1, -0.05) is 12.1 Å². The third-order valence-electron chi connectivity index (χ3n) is 5.08. The van der Waals surface area contributed by atoms with Crippen molar-refractivity contribution in [3.05, 3.63) is 94.8 Å². The number of hydrogen-bond donors (Lipinski definition) is 1. The molecule has 1 aromatic heterocycles. The Morgan fingerprint density at radius 3 is 2.42 bits per heavy atom. The lowest BCUT2D eigenvalue weighted by molar-refractivity contribution is 0.102. The average molecular weight is 464 g/mol. The lowest BCUT2D eigenvalue weighted by Crippen LogP contribution is -2.27. The number of anilines is 2. The maximum Gasteiger partial charge on any atom is 0.336 e. The molecule has 4 rings (SSSR count). The Hall–Kier alpha value is -4.11. The van der Waals surface area contributed by atoms with Crippen molar-refractivity contribution in [2.75, 3.05) is 23.8 Å². The molecule has 0 saturated carbocycles. The molecule has 0 aliphatic heterocycles. The normalized spacial score (nSPS) is 11.2. The van der Waals surface area contributed by atoms with Gasteiger partial charge >= 0.3 is 5.63 Å². The van der Waals surface area contributed by atoms with E-state index >= 15 is 0 Å². The van der Waals surface area contributed by atoms with Crippen molar-refractivity contribution in [2.45, 2.75) is 4.90 Å². The van der Waals surface area contributed by atoms with Crippen molar-refractivity contribution >= 4 is 38.3 Å². The third-order valence-corrected chi connectivity index (χ3v) is 6.86. The number of fused-ring (bicyclic) bond motifs is 1. The van der Waals surface area contributed by atoms with Crippen LogP contribution in [0.2, 0.25) is 0 Å². The Bertz CT molecular complexity index is 1490. The summed E-state index contributed by atoms with van der Waals surface area (Å²) in [5, 5.41) is 3.41. The van der Waals surface area contributed by atoms with Crippen LogP contribution in [-0.2, 0) is 10.0 Å². The SMILES string of the molecule is COc1ccccc1N(C)S(=O)(=O)c1ccc(C(=O)Nc2ccc3oc(=O)ccc3c2)cc1. The van der Waals surface area contributed by atoms with Gasteiger partial charge in [0.1, 0.15) is 11.3 Å². The Balaban J connectivity index is 1.54. The fourth-order valence-corrected chi connectivity index (χ4v) is 4.51. The van der Waals surface area contributed by atoms with Gasteiger partial charge in [-0.15, -0.1) is 0 Å². The molecule has 1 heterocycles. The number of sulfonamides is 1. The standard InChI is InChI=1S/C24H20N2O6S/c1-26(20-5-3-4-6-22(20)31-2)33(29,30)19-11-7-16(8-12-19)24(28)25-18-10-13-21-17(15-18)9-14-23(27)32-21/h3-15H,1-2H3,(H,25,28). The van der Waals surface area contributed by atoms with Crippen LogP contribution in [0.25, 0.3) is 11.0 Å². The molecule has 0 saturated heterocycles. The van der Waals surface area contributed by atoms with E-state index in [4.69, 9.17) is 9.15 Å². The van der Waals surface area contributed by atoms with Crippen LogP contribution in [0, 0.1) is 0 Å². The molecule has 0 radical (unpaired) electrons. The molecule has 0 atom stereocenters. The van der Waals surface area contributed by atoms with E-state index in [1.165, 1.54) is 44.5 Å². The van der Waals surface area contributed by atoms with Crippen LogP contribution in [0.4, 0.5) is 11.4 Å². The van der Waals surface area contributed by atoms with Crippen LogP contribution in [-0.4, -0.2) is 28.5 Å². The number of para-hydroxylation sites is 2. The van der Waals surface area contributed by atoms with E-state index in [0.717, 1.165) is 4.31 Å². The van der Waals surface area contributed by atoms with Crippen LogP contribution in [0.3, 0.4) is 0 Å². The van der Waals surface area contributed by atoms with Gasteiger partial charge in [0.15, 0.2) is 0 Å². The Labute approximate surface area is 190 Å². The molecule has 9 heteroatoms. The van der Waals surface area contributed by atoms with Crippen LogP contribution in [0.1, 0.15) is 10.4 Å². The van der Waals surface area contributed by atoms with Crippen molar-refractivity contribution in [1.29, 1.82) is 0 Å². The Kier molecular flexibility index (Phi) is 5.89. The molecule has 1 amide bonds. The van der Waals surface area contributed by atoms with Crippen molar-refractivity contribution in [3.8, 4) is 5.75 Å². The van der Waals surface area contributed by atoms with Gasteiger partial charge in [0.2, 0.25) is 0 Å². The summed E-state index contributed by atoms with van der Waals surface area (Å²) in [6.45, 7) is 0. The number of carbonyl (C=O) groups excluding carboxylic acids is 1. The number of ether oxygens (including phenoxy) is 1. The number of nitrogens with one attached hydrogen (secondary N) is 1. The first-order chi connectivity index (χ1) is 15.8. The molecule has 0 spiro atoms. The van der Waals surface area contributed by atoms with E-state index in [-0.39, 0.29) is 10.5 Å². The zero-order valence-electron chi connectivity index (χ0n) is 17.8.